The Labute approximate surface area is 175 Å². The zero-order valence-corrected chi connectivity index (χ0v) is 17.7. The van der Waals surface area contributed by atoms with E-state index in [-0.39, 0.29) is 12.0 Å². The van der Waals surface area contributed by atoms with Gasteiger partial charge in [-0.2, -0.15) is 0 Å². The summed E-state index contributed by atoms with van der Waals surface area (Å²) in [4.78, 5) is 19.6. The lowest BCUT2D eigenvalue weighted by Crippen LogP contribution is -2.38. The molecule has 0 bridgehead atoms. The number of thiazole rings is 1. The van der Waals surface area contributed by atoms with Crippen LogP contribution in [0.2, 0.25) is 0 Å². The minimum absolute atomic E-state index is 0.0175. The molecule has 0 aliphatic carbocycles. The minimum atomic E-state index is 0.0175. The van der Waals surface area contributed by atoms with E-state index >= 15 is 0 Å². The van der Waals surface area contributed by atoms with Gasteiger partial charge in [0.25, 0.3) is 0 Å². The molecule has 4 rings (SSSR count). The fourth-order valence-corrected chi connectivity index (χ4v) is 4.65. The summed E-state index contributed by atoms with van der Waals surface area (Å²) in [6.07, 6.45) is 2.40. The van der Waals surface area contributed by atoms with Crippen LogP contribution in [0.5, 0.6) is 5.75 Å². The van der Waals surface area contributed by atoms with E-state index in [1.165, 1.54) is 0 Å². The molecule has 1 atom stereocenters. The van der Waals surface area contributed by atoms with Gasteiger partial charge >= 0.3 is 0 Å². The third kappa shape index (κ3) is 4.95. The molecular formula is C23H26N2O3S. The molecule has 1 saturated heterocycles. The topological polar surface area (TPSA) is 51.7 Å². The molecule has 29 heavy (non-hydrogen) atoms. The van der Waals surface area contributed by atoms with Crippen LogP contribution < -0.4 is 9.64 Å². The van der Waals surface area contributed by atoms with E-state index in [9.17, 15) is 4.79 Å². The molecule has 0 radical (unpaired) electrons. The number of nitrogens with zero attached hydrogens (tertiary/aromatic N) is 2. The summed E-state index contributed by atoms with van der Waals surface area (Å²) in [7, 11) is 0. The summed E-state index contributed by atoms with van der Waals surface area (Å²) in [5.74, 6) is 0.824. The molecular weight excluding hydrogens is 384 g/mol. The number of fused-ring (bicyclic) bond motifs is 1. The maximum absolute atomic E-state index is 13.1. The van der Waals surface area contributed by atoms with Gasteiger partial charge in [-0.05, 0) is 62.1 Å². The second-order valence-corrected chi connectivity index (χ2v) is 8.53. The van der Waals surface area contributed by atoms with Crippen LogP contribution in [0, 0.1) is 13.8 Å². The van der Waals surface area contributed by atoms with E-state index in [0.29, 0.717) is 19.6 Å². The highest BCUT2D eigenvalue weighted by atomic mass is 32.1. The standard InChI is InChI=1S/C23H26N2O3S/c1-16-12-17(2)14-19(13-16)28-11-9-22(26)25(15-18-6-5-10-27-18)23-24-20-7-3-4-8-21(20)29-23/h3-4,7-8,12-14,18H,5-6,9-11,15H2,1-2H3. The van der Waals surface area contributed by atoms with E-state index in [0.717, 1.165) is 51.7 Å². The van der Waals surface area contributed by atoms with Crippen LogP contribution >= 0.6 is 11.3 Å². The smallest absolute Gasteiger partial charge is 0.232 e. The summed E-state index contributed by atoms with van der Waals surface area (Å²) in [5.41, 5.74) is 3.23. The number of rotatable bonds is 7. The lowest BCUT2D eigenvalue weighted by Gasteiger charge is -2.23. The van der Waals surface area contributed by atoms with Crippen molar-refractivity contribution in [1.29, 1.82) is 0 Å². The van der Waals surface area contributed by atoms with E-state index in [2.05, 4.69) is 6.07 Å². The van der Waals surface area contributed by atoms with Gasteiger partial charge in [0, 0.05) is 6.61 Å². The van der Waals surface area contributed by atoms with Crippen molar-refractivity contribution >= 4 is 32.6 Å². The number of ether oxygens (including phenoxy) is 2. The van der Waals surface area contributed by atoms with Gasteiger partial charge in [0.2, 0.25) is 5.91 Å². The van der Waals surface area contributed by atoms with E-state index in [4.69, 9.17) is 14.5 Å². The Hall–Kier alpha value is -2.44. The summed E-state index contributed by atoms with van der Waals surface area (Å²) in [5, 5.41) is 0.734. The van der Waals surface area contributed by atoms with Gasteiger partial charge in [-0.3, -0.25) is 9.69 Å². The van der Waals surface area contributed by atoms with Gasteiger partial charge in [0.15, 0.2) is 5.13 Å². The first-order valence-electron chi connectivity index (χ1n) is 10.1. The quantitative estimate of drug-likeness (QED) is 0.556. The van der Waals surface area contributed by atoms with Crippen molar-refractivity contribution in [3.63, 3.8) is 0 Å². The van der Waals surface area contributed by atoms with Gasteiger partial charge < -0.3 is 9.47 Å². The second kappa shape index (κ2) is 8.93. The summed E-state index contributed by atoms with van der Waals surface area (Å²) < 4.78 is 12.7. The lowest BCUT2D eigenvalue weighted by atomic mass is 10.1. The first-order valence-corrected chi connectivity index (χ1v) is 10.9. The van der Waals surface area contributed by atoms with Gasteiger partial charge in [-0.15, -0.1) is 0 Å². The van der Waals surface area contributed by atoms with E-state index in [1.54, 1.807) is 16.2 Å². The molecule has 3 aromatic rings. The molecule has 1 fully saturated rings. The molecule has 1 amide bonds. The van der Waals surface area contributed by atoms with Crippen molar-refractivity contribution in [1.82, 2.24) is 4.98 Å². The molecule has 0 saturated carbocycles. The van der Waals surface area contributed by atoms with E-state index < -0.39 is 0 Å². The maximum atomic E-state index is 13.1. The molecule has 2 heterocycles. The number of benzene rings is 2. The van der Waals surface area contributed by atoms with Crippen LogP contribution in [0.4, 0.5) is 5.13 Å². The van der Waals surface area contributed by atoms with Crippen LogP contribution in [0.3, 0.4) is 0 Å². The molecule has 5 nitrogen and oxygen atoms in total. The lowest BCUT2D eigenvalue weighted by molar-refractivity contribution is -0.119. The SMILES string of the molecule is Cc1cc(C)cc(OCCC(=O)N(CC2CCCO2)c2nc3ccccc3s2)c1. The fraction of sp³-hybridized carbons (Fsp3) is 0.391. The van der Waals surface area contributed by atoms with Crippen LogP contribution in [0.1, 0.15) is 30.4 Å². The van der Waals surface area contributed by atoms with Crippen molar-refractivity contribution < 1.29 is 14.3 Å². The Morgan fingerprint density at radius 3 is 2.76 bits per heavy atom. The number of hydrogen-bond acceptors (Lipinski definition) is 5. The summed E-state index contributed by atoms with van der Waals surface area (Å²) in [6, 6.07) is 14.1. The highest BCUT2D eigenvalue weighted by Gasteiger charge is 2.26. The first kappa shape index (κ1) is 19.9. The highest BCUT2D eigenvalue weighted by Crippen LogP contribution is 2.30. The summed E-state index contributed by atoms with van der Waals surface area (Å²) >= 11 is 1.55. The van der Waals surface area contributed by atoms with Gasteiger partial charge in [0.05, 0.1) is 35.9 Å². The summed E-state index contributed by atoms with van der Waals surface area (Å²) in [6.45, 7) is 5.74. The third-order valence-corrected chi connectivity index (χ3v) is 6.06. The van der Waals surface area contributed by atoms with Crippen molar-refractivity contribution in [3.8, 4) is 5.75 Å². The fourth-order valence-electron chi connectivity index (χ4n) is 3.66. The number of aryl methyl sites for hydroxylation is 2. The molecule has 6 heteroatoms. The molecule has 152 valence electrons. The number of aromatic nitrogens is 1. The van der Waals surface area contributed by atoms with Crippen LogP contribution in [-0.4, -0.2) is 36.8 Å². The highest BCUT2D eigenvalue weighted by molar-refractivity contribution is 7.22. The largest absolute Gasteiger partial charge is 0.493 e. The maximum Gasteiger partial charge on any atom is 0.232 e. The number of carbonyl (C=O) groups is 1. The number of carbonyl (C=O) groups excluding carboxylic acids is 1. The number of anilines is 1. The van der Waals surface area contributed by atoms with Gasteiger partial charge in [-0.25, -0.2) is 4.98 Å². The molecule has 2 aromatic carbocycles. The Balaban J connectivity index is 1.46. The van der Waals surface area contributed by atoms with Crippen LogP contribution in [-0.2, 0) is 9.53 Å². The second-order valence-electron chi connectivity index (χ2n) is 7.53. The van der Waals surface area contributed by atoms with Gasteiger partial charge in [0.1, 0.15) is 5.75 Å². The zero-order chi connectivity index (χ0) is 20.2. The van der Waals surface area contributed by atoms with Crippen LogP contribution in [0.25, 0.3) is 10.2 Å². The minimum Gasteiger partial charge on any atom is -0.493 e. The first-order chi connectivity index (χ1) is 14.1. The Morgan fingerprint density at radius 2 is 2.03 bits per heavy atom. The Morgan fingerprint density at radius 1 is 1.24 bits per heavy atom. The number of amides is 1. The van der Waals surface area contributed by atoms with Crippen molar-refractivity contribution in [2.24, 2.45) is 0 Å². The predicted molar refractivity (Wildman–Crippen MR) is 117 cm³/mol. The Kier molecular flexibility index (Phi) is 6.11. The normalized spacial score (nSPS) is 16.3. The van der Waals surface area contributed by atoms with Crippen molar-refractivity contribution in [3.05, 3.63) is 53.6 Å². The Bertz CT molecular complexity index is 941. The zero-order valence-electron chi connectivity index (χ0n) is 16.9. The predicted octanol–water partition coefficient (Wildman–Crippen LogP) is 4.89. The molecule has 1 aliphatic heterocycles. The van der Waals surface area contributed by atoms with Gasteiger partial charge in [-0.1, -0.05) is 29.5 Å². The van der Waals surface area contributed by atoms with Crippen molar-refractivity contribution in [2.75, 3.05) is 24.7 Å². The van der Waals surface area contributed by atoms with Crippen molar-refractivity contribution in [2.45, 2.75) is 39.2 Å². The molecule has 1 aliphatic rings. The molecule has 0 spiro atoms. The molecule has 0 N–H and O–H groups in total. The molecule has 1 unspecified atom stereocenters. The monoisotopic (exact) mass is 410 g/mol. The number of hydrogen-bond donors (Lipinski definition) is 0. The van der Waals surface area contributed by atoms with Crippen LogP contribution in [0.15, 0.2) is 42.5 Å². The third-order valence-electron chi connectivity index (χ3n) is 5.00. The molecule has 1 aromatic heterocycles. The average molecular weight is 411 g/mol. The average Bonchev–Trinajstić information content (AvgIpc) is 3.34. The number of para-hydroxylation sites is 1. The van der Waals surface area contributed by atoms with E-state index in [1.807, 2.05) is 50.2 Å².